The summed E-state index contributed by atoms with van der Waals surface area (Å²) in [6.07, 6.45) is 1.40. The maximum Gasteiger partial charge on any atom is 0.569 e. The van der Waals surface area contributed by atoms with Gasteiger partial charge >= 0.3 is 7.69 Å². The lowest BCUT2D eigenvalue weighted by Crippen LogP contribution is -2.05. The molecule has 1 aromatic heterocycles. The molecule has 0 aliphatic rings. The fourth-order valence-electron chi connectivity index (χ4n) is 1.08. The fraction of sp³-hybridized carbons (Fsp3) is 0.375. The van der Waals surface area contributed by atoms with Gasteiger partial charge in [-0.25, -0.2) is 4.98 Å². The van der Waals surface area contributed by atoms with Crippen LogP contribution >= 0.6 is 0 Å². The number of nitrogens with zero attached hydrogens (tertiary/aromatic N) is 1. The Balaban J connectivity index is 3.24. The minimum Gasteiger partial charge on any atom is -0.532 e. The van der Waals surface area contributed by atoms with Crippen LogP contribution in [-0.2, 0) is 0 Å². The monoisotopic (exact) mass is 212 g/mol. The summed E-state index contributed by atoms with van der Waals surface area (Å²) in [7, 11) is 4.86. The van der Waals surface area contributed by atoms with Crippen molar-refractivity contribution in [2.24, 2.45) is 0 Å². The molecule has 15 heavy (non-hydrogen) atoms. The maximum absolute atomic E-state index is 8.60. The number of pyridine rings is 1. The summed E-state index contributed by atoms with van der Waals surface area (Å²) in [5.41, 5.74) is 0. The maximum atomic E-state index is 8.60. The zero-order valence-corrected chi connectivity index (χ0v) is 8.68. The van der Waals surface area contributed by atoms with Gasteiger partial charge in [0.05, 0.1) is 27.5 Å². The van der Waals surface area contributed by atoms with Crippen LogP contribution in [0.3, 0.4) is 0 Å². The molecule has 0 bridgehead atoms. The molecule has 1 heterocycles. The highest BCUT2D eigenvalue weighted by Gasteiger charge is 2.18. The van der Waals surface area contributed by atoms with Crippen LogP contribution < -0.4 is 18.9 Å². The Labute approximate surface area is 88.1 Å². The predicted octanol–water partition coefficient (Wildman–Crippen LogP) is 0.0127. The Bertz CT molecular complexity index is 333. The fourth-order valence-corrected chi connectivity index (χ4v) is 1.08. The van der Waals surface area contributed by atoms with Crippen molar-refractivity contribution in [1.82, 2.24) is 4.98 Å². The summed E-state index contributed by atoms with van der Waals surface area (Å²) in [5, 5.41) is 8.60. The molecule has 7 heteroatoms. The van der Waals surface area contributed by atoms with E-state index in [9.17, 15) is 0 Å². The molecule has 0 spiro atoms. The molecule has 0 aliphatic carbocycles. The summed E-state index contributed by atoms with van der Waals surface area (Å²) in [6, 6.07) is 0. The average molecular weight is 212 g/mol. The highest BCUT2D eigenvalue weighted by atomic mass is 16.6. The highest BCUT2D eigenvalue weighted by Crippen LogP contribution is 2.41. The van der Waals surface area contributed by atoms with Gasteiger partial charge in [-0.1, -0.05) is 0 Å². The Kier molecular flexibility index (Phi) is 4.05. The van der Waals surface area contributed by atoms with Crippen molar-refractivity contribution < 1.29 is 23.9 Å². The van der Waals surface area contributed by atoms with Crippen molar-refractivity contribution in [3.8, 4) is 23.1 Å². The van der Waals surface area contributed by atoms with E-state index < -0.39 is 0 Å². The molecular formula is C8H11BNO5. The first-order valence-corrected chi connectivity index (χ1v) is 4.06. The van der Waals surface area contributed by atoms with E-state index in [0.717, 1.165) is 0 Å². The molecule has 0 atom stereocenters. The van der Waals surface area contributed by atoms with Crippen LogP contribution in [0, 0.1) is 0 Å². The Hall–Kier alpha value is -1.63. The van der Waals surface area contributed by atoms with Gasteiger partial charge in [0.25, 0.3) is 5.88 Å². The van der Waals surface area contributed by atoms with Gasteiger partial charge in [0.2, 0.25) is 5.75 Å². The van der Waals surface area contributed by atoms with E-state index >= 15 is 0 Å². The molecule has 0 unspecified atom stereocenters. The van der Waals surface area contributed by atoms with E-state index in [0.29, 0.717) is 13.4 Å². The molecule has 1 aromatic rings. The summed E-state index contributed by atoms with van der Waals surface area (Å²) in [4.78, 5) is 3.93. The molecule has 0 amide bonds. The van der Waals surface area contributed by atoms with Gasteiger partial charge in [-0.05, 0) is 0 Å². The second-order valence-electron chi connectivity index (χ2n) is 2.42. The first-order valence-electron chi connectivity index (χ1n) is 4.06. The van der Waals surface area contributed by atoms with Gasteiger partial charge in [-0.3, -0.25) is 0 Å². The average Bonchev–Trinajstić information content (AvgIpc) is 2.28. The summed E-state index contributed by atoms with van der Waals surface area (Å²) in [5.74, 6) is 1.03. The number of hydrogen-bond acceptors (Lipinski definition) is 6. The molecule has 0 aromatic carbocycles. The molecule has 0 saturated carbocycles. The highest BCUT2D eigenvalue weighted by molar-refractivity contribution is 6.17. The summed E-state index contributed by atoms with van der Waals surface area (Å²) < 4.78 is 19.8. The van der Waals surface area contributed by atoms with E-state index in [1.54, 1.807) is 0 Å². The van der Waals surface area contributed by atoms with E-state index in [-0.39, 0.29) is 17.4 Å². The second-order valence-corrected chi connectivity index (χ2v) is 2.42. The zero-order chi connectivity index (χ0) is 11.3. The SMILES string of the molecule is COc1cnc(OC)c(OC)c1O[B]O. The number of aromatic nitrogens is 1. The third-order valence-electron chi connectivity index (χ3n) is 1.71. The molecular weight excluding hydrogens is 201 g/mol. The Morgan fingerprint density at radius 1 is 1.13 bits per heavy atom. The van der Waals surface area contributed by atoms with Crippen molar-refractivity contribution in [2.75, 3.05) is 21.3 Å². The number of hydrogen-bond donors (Lipinski definition) is 1. The zero-order valence-electron chi connectivity index (χ0n) is 8.68. The van der Waals surface area contributed by atoms with E-state index in [4.69, 9.17) is 23.9 Å². The Morgan fingerprint density at radius 2 is 1.87 bits per heavy atom. The molecule has 6 nitrogen and oxygen atoms in total. The van der Waals surface area contributed by atoms with E-state index in [1.807, 2.05) is 0 Å². The van der Waals surface area contributed by atoms with Crippen LogP contribution in [0.4, 0.5) is 0 Å². The van der Waals surface area contributed by atoms with Gasteiger partial charge in [0.15, 0.2) is 11.5 Å². The lowest BCUT2D eigenvalue weighted by atomic mass is 10.3. The van der Waals surface area contributed by atoms with Gasteiger partial charge in [-0.2, -0.15) is 0 Å². The minimum absolute atomic E-state index is 0.203. The van der Waals surface area contributed by atoms with Gasteiger partial charge in [0.1, 0.15) is 0 Å². The van der Waals surface area contributed by atoms with Crippen molar-refractivity contribution in [1.29, 1.82) is 0 Å². The topological polar surface area (TPSA) is 70.0 Å². The van der Waals surface area contributed by atoms with Crippen molar-refractivity contribution in [2.45, 2.75) is 0 Å². The first kappa shape index (κ1) is 11.4. The van der Waals surface area contributed by atoms with E-state index in [1.165, 1.54) is 27.5 Å². The molecule has 1 radical (unpaired) electrons. The largest absolute Gasteiger partial charge is 0.569 e. The van der Waals surface area contributed by atoms with Crippen LogP contribution in [0.15, 0.2) is 6.20 Å². The van der Waals surface area contributed by atoms with Crippen LogP contribution in [0.25, 0.3) is 0 Å². The standard InChI is InChI=1S/C8H11BNO5/c1-12-5-4-10-8(14-3)7(13-2)6(5)15-9-11/h4,11H,1-3H3. The molecule has 1 rings (SSSR count). The van der Waals surface area contributed by atoms with Gasteiger partial charge in [-0.15, -0.1) is 0 Å². The molecule has 0 fully saturated rings. The second kappa shape index (κ2) is 5.30. The lowest BCUT2D eigenvalue weighted by Gasteiger charge is -2.14. The van der Waals surface area contributed by atoms with E-state index in [2.05, 4.69) is 4.98 Å². The third-order valence-corrected chi connectivity index (χ3v) is 1.71. The molecule has 81 valence electrons. The number of rotatable bonds is 5. The van der Waals surface area contributed by atoms with Crippen LogP contribution in [0.2, 0.25) is 0 Å². The third kappa shape index (κ3) is 2.24. The van der Waals surface area contributed by atoms with Gasteiger partial charge in [0, 0.05) is 0 Å². The smallest absolute Gasteiger partial charge is 0.532 e. The first-order chi connectivity index (χ1) is 7.28. The van der Waals surface area contributed by atoms with Crippen LogP contribution in [0.5, 0.6) is 23.1 Å². The van der Waals surface area contributed by atoms with Crippen LogP contribution in [0.1, 0.15) is 0 Å². The Morgan fingerprint density at radius 3 is 2.33 bits per heavy atom. The van der Waals surface area contributed by atoms with Crippen molar-refractivity contribution in [3.05, 3.63) is 6.20 Å². The van der Waals surface area contributed by atoms with Crippen molar-refractivity contribution >= 4 is 7.69 Å². The minimum atomic E-state index is 0.203. The predicted molar refractivity (Wildman–Crippen MR) is 52.5 cm³/mol. The van der Waals surface area contributed by atoms with Crippen LogP contribution in [-0.4, -0.2) is 39.0 Å². The van der Waals surface area contributed by atoms with Gasteiger partial charge < -0.3 is 23.9 Å². The number of methoxy groups -OCH3 is 3. The summed E-state index contributed by atoms with van der Waals surface area (Å²) >= 11 is 0. The number of ether oxygens (including phenoxy) is 3. The normalized spacial score (nSPS) is 9.33. The molecule has 0 aliphatic heterocycles. The molecule has 0 saturated heterocycles. The molecule has 1 N–H and O–H groups in total. The van der Waals surface area contributed by atoms with Crippen molar-refractivity contribution in [3.63, 3.8) is 0 Å². The summed E-state index contributed by atoms with van der Waals surface area (Å²) in [6.45, 7) is 0. The lowest BCUT2D eigenvalue weighted by molar-refractivity contribution is 0.315. The quantitative estimate of drug-likeness (QED) is 0.693.